The number of hydrogen-bond acceptors (Lipinski definition) is 3. The second kappa shape index (κ2) is 6.20. The largest absolute Gasteiger partial charge is 0.313 e. The first kappa shape index (κ1) is 14.0. The van der Waals surface area contributed by atoms with Crippen LogP contribution in [0.25, 0.3) is 11.0 Å². The molecule has 0 saturated heterocycles. The average Bonchev–Trinajstić information content (AvgIpc) is 2.52. The zero-order chi connectivity index (χ0) is 14.7. The van der Waals surface area contributed by atoms with Gasteiger partial charge in [0.05, 0.1) is 11.0 Å². The Bertz CT molecular complexity index is 758. The maximum Gasteiger partial charge on any atom is 0.0890 e. The van der Waals surface area contributed by atoms with Crippen LogP contribution < -0.4 is 5.32 Å². The van der Waals surface area contributed by atoms with Gasteiger partial charge in [0, 0.05) is 23.5 Å². The molecule has 1 N–H and O–H groups in total. The first-order valence-corrected chi connectivity index (χ1v) is 7.26. The van der Waals surface area contributed by atoms with Gasteiger partial charge >= 0.3 is 0 Å². The van der Waals surface area contributed by atoms with E-state index in [1.807, 2.05) is 31.3 Å². The number of fused-ring (bicyclic) bond motifs is 1. The quantitative estimate of drug-likeness (QED) is 0.796. The maximum atomic E-state index is 6.06. The zero-order valence-electron chi connectivity index (χ0n) is 11.8. The molecule has 4 heteroatoms. The summed E-state index contributed by atoms with van der Waals surface area (Å²) in [6, 6.07) is 14.4. The monoisotopic (exact) mass is 297 g/mol. The molecule has 0 radical (unpaired) electrons. The van der Waals surface area contributed by atoms with Crippen LogP contribution in [0.5, 0.6) is 0 Å². The van der Waals surface area contributed by atoms with Crippen LogP contribution in [-0.4, -0.2) is 17.0 Å². The summed E-state index contributed by atoms with van der Waals surface area (Å²) in [6.45, 7) is 0. The molecular weight excluding hydrogens is 282 g/mol. The van der Waals surface area contributed by atoms with Gasteiger partial charge in [-0.05, 0) is 48.9 Å². The second-order valence-electron chi connectivity index (χ2n) is 4.98. The van der Waals surface area contributed by atoms with Crippen molar-refractivity contribution in [2.24, 2.45) is 0 Å². The van der Waals surface area contributed by atoms with Gasteiger partial charge in [-0.15, -0.1) is 0 Å². The molecule has 3 aromatic rings. The third-order valence-corrected chi connectivity index (χ3v) is 3.81. The number of halogens is 1. The molecule has 3 nitrogen and oxygen atoms in total. The fraction of sp³-hybridized carbons (Fsp3) is 0.176. The Hall–Kier alpha value is -1.97. The topological polar surface area (TPSA) is 37.8 Å². The van der Waals surface area contributed by atoms with E-state index in [0.717, 1.165) is 22.5 Å². The molecule has 0 saturated carbocycles. The van der Waals surface area contributed by atoms with E-state index in [9.17, 15) is 0 Å². The van der Waals surface area contributed by atoms with Gasteiger partial charge in [0.2, 0.25) is 0 Å². The summed E-state index contributed by atoms with van der Waals surface area (Å²) in [5.74, 6) is 0. The molecule has 0 spiro atoms. The molecule has 0 aliphatic heterocycles. The van der Waals surface area contributed by atoms with E-state index in [1.54, 1.807) is 12.4 Å². The molecule has 0 aliphatic carbocycles. The third kappa shape index (κ3) is 3.20. The summed E-state index contributed by atoms with van der Waals surface area (Å²) >= 11 is 6.06. The average molecular weight is 298 g/mol. The molecule has 0 bridgehead atoms. The smallest absolute Gasteiger partial charge is 0.0890 e. The number of rotatable bonds is 4. The summed E-state index contributed by atoms with van der Waals surface area (Å²) in [4.78, 5) is 8.67. The SMILES string of the molecule is CNC(Cc1cccc(Cl)c1)c1ccc2nccnc2c1. The van der Waals surface area contributed by atoms with E-state index in [0.29, 0.717) is 0 Å². The van der Waals surface area contributed by atoms with Crippen molar-refractivity contribution in [2.75, 3.05) is 7.05 Å². The highest BCUT2D eigenvalue weighted by Gasteiger charge is 2.11. The Balaban J connectivity index is 1.90. The van der Waals surface area contributed by atoms with Crippen LogP contribution in [0.2, 0.25) is 5.02 Å². The van der Waals surface area contributed by atoms with Crippen molar-refractivity contribution in [3.8, 4) is 0 Å². The van der Waals surface area contributed by atoms with Crippen LogP contribution in [-0.2, 0) is 6.42 Å². The molecule has 1 aromatic heterocycles. The molecule has 0 amide bonds. The van der Waals surface area contributed by atoms with Gasteiger partial charge in [0.1, 0.15) is 0 Å². The number of hydrogen-bond donors (Lipinski definition) is 1. The van der Waals surface area contributed by atoms with Crippen LogP contribution >= 0.6 is 11.6 Å². The Labute approximate surface area is 129 Å². The summed E-state index contributed by atoms with van der Waals surface area (Å²) in [5, 5.41) is 4.13. The first-order valence-electron chi connectivity index (χ1n) is 6.88. The van der Waals surface area contributed by atoms with Crippen molar-refractivity contribution in [1.29, 1.82) is 0 Å². The summed E-state index contributed by atoms with van der Waals surface area (Å²) in [5.41, 5.74) is 4.24. The highest BCUT2D eigenvalue weighted by Crippen LogP contribution is 2.22. The Morgan fingerprint density at radius 3 is 2.62 bits per heavy atom. The summed E-state index contributed by atoms with van der Waals surface area (Å²) in [6.07, 6.45) is 4.31. The van der Waals surface area contributed by atoms with E-state index in [2.05, 4.69) is 33.5 Å². The molecular formula is C17H16ClN3. The van der Waals surface area contributed by atoms with Crippen molar-refractivity contribution in [3.63, 3.8) is 0 Å². The minimum Gasteiger partial charge on any atom is -0.313 e. The fourth-order valence-electron chi connectivity index (χ4n) is 2.48. The minimum atomic E-state index is 0.217. The van der Waals surface area contributed by atoms with Gasteiger partial charge in [0.15, 0.2) is 0 Å². The van der Waals surface area contributed by atoms with E-state index in [4.69, 9.17) is 11.6 Å². The molecule has 0 fully saturated rings. The van der Waals surface area contributed by atoms with Gasteiger partial charge in [-0.25, -0.2) is 0 Å². The Kier molecular flexibility index (Phi) is 4.13. The Morgan fingerprint density at radius 2 is 1.86 bits per heavy atom. The molecule has 1 atom stereocenters. The van der Waals surface area contributed by atoms with E-state index >= 15 is 0 Å². The number of nitrogens with one attached hydrogen (secondary N) is 1. The van der Waals surface area contributed by atoms with Gasteiger partial charge in [-0.1, -0.05) is 29.8 Å². The van der Waals surface area contributed by atoms with Gasteiger partial charge in [-0.2, -0.15) is 0 Å². The fourth-order valence-corrected chi connectivity index (χ4v) is 2.70. The predicted octanol–water partition coefficient (Wildman–Crippen LogP) is 3.79. The third-order valence-electron chi connectivity index (χ3n) is 3.57. The second-order valence-corrected chi connectivity index (χ2v) is 5.42. The zero-order valence-corrected chi connectivity index (χ0v) is 12.5. The standard InChI is InChI=1S/C17H16ClN3/c1-19-16(10-12-3-2-4-14(18)9-12)13-5-6-15-17(11-13)21-8-7-20-15/h2-9,11,16,19H,10H2,1H3. The first-order chi connectivity index (χ1) is 10.3. The number of benzene rings is 2. The van der Waals surface area contributed by atoms with Gasteiger partial charge in [-0.3, -0.25) is 9.97 Å². The lowest BCUT2D eigenvalue weighted by Gasteiger charge is -2.17. The van der Waals surface area contributed by atoms with E-state index < -0.39 is 0 Å². The van der Waals surface area contributed by atoms with Gasteiger partial charge in [0.25, 0.3) is 0 Å². The molecule has 106 valence electrons. The van der Waals surface area contributed by atoms with Crippen molar-refractivity contribution in [3.05, 3.63) is 71.0 Å². The normalized spacial score (nSPS) is 12.5. The van der Waals surface area contributed by atoms with Crippen molar-refractivity contribution >= 4 is 22.6 Å². The van der Waals surface area contributed by atoms with Crippen molar-refractivity contribution in [1.82, 2.24) is 15.3 Å². The molecule has 21 heavy (non-hydrogen) atoms. The highest BCUT2D eigenvalue weighted by molar-refractivity contribution is 6.30. The predicted molar refractivity (Wildman–Crippen MR) is 86.5 cm³/mol. The number of aromatic nitrogens is 2. The minimum absolute atomic E-state index is 0.217. The maximum absolute atomic E-state index is 6.06. The number of likely N-dealkylation sites (N-methyl/N-ethyl adjacent to an activating group) is 1. The van der Waals surface area contributed by atoms with Crippen molar-refractivity contribution in [2.45, 2.75) is 12.5 Å². The van der Waals surface area contributed by atoms with E-state index in [1.165, 1.54) is 11.1 Å². The lowest BCUT2D eigenvalue weighted by Crippen LogP contribution is -2.18. The lowest BCUT2D eigenvalue weighted by atomic mass is 9.98. The van der Waals surface area contributed by atoms with Crippen LogP contribution in [0.1, 0.15) is 17.2 Å². The molecule has 0 aliphatic rings. The highest BCUT2D eigenvalue weighted by atomic mass is 35.5. The summed E-state index contributed by atoms with van der Waals surface area (Å²) < 4.78 is 0. The van der Waals surface area contributed by atoms with E-state index in [-0.39, 0.29) is 6.04 Å². The van der Waals surface area contributed by atoms with Crippen molar-refractivity contribution < 1.29 is 0 Å². The number of nitrogens with zero attached hydrogens (tertiary/aromatic N) is 2. The Morgan fingerprint density at radius 1 is 1.05 bits per heavy atom. The molecule has 3 rings (SSSR count). The molecule has 2 aromatic carbocycles. The van der Waals surface area contributed by atoms with Crippen LogP contribution in [0.3, 0.4) is 0 Å². The van der Waals surface area contributed by atoms with Crippen LogP contribution in [0.15, 0.2) is 54.9 Å². The van der Waals surface area contributed by atoms with Crippen LogP contribution in [0, 0.1) is 0 Å². The molecule has 1 heterocycles. The van der Waals surface area contributed by atoms with Crippen LogP contribution in [0.4, 0.5) is 0 Å². The van der Waals surface area contributed by atoms with Gasteiger partial charge < -0.3 is 5.32 Å². The summed E-state index contributed by atoms with van der Waals surface area (Å²) in [7, 11) is 1.97. The lowest BCUT2D eigenvalue weighted by molar-refractivity contribution is 0.592. The molecule has 1 unspecified atom stereocenters.